The molecular weight excluding hydrogens is 228 g/mol. The average molecular weight is 254 g/mol. The maximum Gasteiger partial charge on any atom is 0.0741 e. The Balaban J connectivity index is 1.64. The molecule has 4 nitrogen and oxygen atoms in total. The van der Waals surface area contributed by atoms with Gasteiger partial charge < -0.3 is 14.8 Å². The third-order valence-corrected chi connectivity index (χ3v) is 4.93. The highest BCUT2D eigenvalue weighted by atomic mass is 16.5. The Morgan fingerprint density at radius 2 is 1.94 bits per heavy atom. The van der Waals surface area contributed by atoms with Gasteiger partial charge in [-0.1, -0.05) is 6.92 Å². The molecule has 0 bridgehead atoms. The summed E-state index contributed by atoms with van der Waals surface area (Å²) in [6.45, 7) is 8.49. The van der Waals surface area contributed by atoms with E-state index in [9.17, 15) is 0 Å². The summed E-state index contributed by atoms with van der Waals surface area (Å²) in [5.74, 6) is 0. The van der Waals surface area contributed by atoms with Crippen molar-refractivity contribution in [3.63, 3.8) is 0 Å². The Kier molecular flexibility index (Phi) is 3.89. The Labute approximate surface area is 110 Å². The molecule has 4 heteroatoms. The topological polar surface area (TPSA) is 33.7 Å². The summed E-state index contributed by atoms with van der Waals surface area (Å²) >= 11 is 0. The normalized spacial score (nSPS) is 32.7. The van der Waals surface area contributed by atoms with Crippen molar-refractivity contribution in [1.82, 2.24) is 10.2 Å². The predicted octanol–water partition coefficient (Wildman–Crippen LogP) is 1.01. The highest BCUT2D eigenvalue weighted by Gasteiger charge is 2.42. The number of nitrogens with one attached hydrogen (secondary N) is 1. The molecule has 0 saturated carbocycles. The third kappa shape index (κ3) is 2.44. The zero-order valence-corrected chi connectivity index (χ0v) is 11.5. The number of hydrogen-bond acceptors (Lipinski definition) is 4. The highest BCUT2D eigenvalue weighted by molar-refractivity contribution is 4.96. The molecule has 0 aromatic rings. The van der Waals surface area contributed by atoms with E-state index >= 15 is 0 Å². The minimum atomic E-state index is 0.131. The molecule has 1 atom stereocenters. The van der Waals surface area contributed by atoms with Gasteiger partial charge in [0.25, 0.3) is 0 Å². The van der Waals surface area contributed by atoms with E-state index in [4.69, 9.17) is 9.47 Å². The van der Waals surface area contributed by atoms with Crippen LogP contribution >= 0.6 is 0 Å². The van der Waals surface area contributed by atoms with Gasteiger partial charge in [-0.15, -0.1) is 0 Å². The molecule has 0 radical (unpaired) electrons. The molecule has 18 heavy (non-hydrogen) atoms. The fraction of sp³-hybridized carbons (Fsp3) is 1.00. The molecule has 3 aliphatic heterocycles. The molecular formula is C14H26N2O2. The summed E-state index contributed by atoms with van der Waals surface area (Å²) in [6, 6.07) is 1.48. The van der Waals surface area contributed by atoms with E-state index in [1.54, 1.807) is 0 Å². The van der Waals surface area contributed by atoms with Crippen LogP contribution in [0.5, 0.6) is 0 Å². The van der Waals surface area contributed by atoms with Crippen LogP contribution in [-0.2, 0) is 9.47 Å². The lowest BCUT2D eigenvalue weighted by Crippen LogP contribution is -2.62. The quantitative estimate of drug-likeness (QED) is 0.815. The smallest absolute Gasteiger partial charge is 0.0741 e. The van der Waals surface area contributed by atoms with E-state index < -0.39 is 0 Å². The number of ether oxygens (including phenoxy) is 2. The molecule has 3 heterocycles. The van der Waals surface area contributed by atoms with Crippen molar-refractivity contribution in [3.05, 3.63) is 0 Å². The van der Waals surface area contributed by atoms with E-state index in [1.165, 1.54) is 32.5 Å². The standard InChI is InChI=1S/C14H26N2O2/c1-2-16(13-10-15-11-13)12-3-6-18-14(9-12)4-7-17-8-5-14/h12-13,15H,2-11H2,1H3. The van der Waals surface area contributed by atoms with Gasteiger partial charge >= 0.3 is 0 Å². The summed E-state index contributed by atoms with van der Waals surface area (Å²) in [6.07, 6.45) is 4.58. The number of rotatable bonds is 3. The molecule has 1 N–H and O–H groups in total. The van der Waals surface area contributed by atoms with Crippen LogP contribution in [-0.4, -0.2) is 62.0 Å². The van der Waals surface area contributed by atoms with Crippen molar-refractivity contribution in [2.45, 2.75) is 50.3 Å². The molecule has 3 rings (SSSR count). The van der Waals surface area contributed by atoms with Gasteiger partial charge in [-0.2, -0.15) is 0 Å². The number of likely N-dealkylation sites (N-methyl/N-ethyl adjacent to an activating group) is 1. The van der Waals surface area contributed by atoms with Crippen LogP contribution in [0.3, 0.4) is 0 Å². The Bertz CT molecular complexity index is 269. The molecule has 3 fully saturated rings. The van der Waals surface area contributed by atoms with Crippen molar-refractivity contribution in [2.24, 2.45) is 0 Å². The first-order valence-electron chi connectivity index (χ1n) is 7.51. The first-order valence-corrected chi connectivity index (χ1v) is 7.51. The van der Waals surface area contributed by atoms with Crippen LogP contribution in [0.4, 0.5) is 0 Å². The zero-order valence-electron chi connectivity index (χ0n) is 11.5. The summed E-state index contributed by atoms with van der Waals surface area (Å²) in [5, 5.41) is 3.39. The first kappa shape index (κ1) is 12.9. The molecule has 0 aromatic carbocycles. The van der Waals surface area contributed by atoms with Gasteiger partial charge in [-0.3, -0.25) is 4.90 Å². The van der Waals surface area contributed by atoms with Gasteiger partial charge in [0.1, 0.15) is 0 Å². The monoisotopic (exact) mass is 254 g/mol. The Hall–Kier alpha value is -0.160. The summed E-state index contributed by atoms with van der Waals surface area (Å²) < 4.78 is 11.6. The molecule has 104 valence electrons. The minimum absolute atomic E-state index is 0.131. The first-order chi connectivity index (χ1) is 8.83. The lowest BCUT2D eigenvalue weighted by Gasteiger charge is -2.49. The Morgan fingerprint density at radius 3 is 2.56 bits per heavy atom. The van der Waals surface area contributed by atoms with Crippen LogP contribution in [0, 0.1) is 0 Å². The molecule has 1 unspecified atom stereocenters. The molecule has 0 amide bonds. The minimum Gasteiger partial charge on any atom is -0.381 e. The van der Waals surface area contributed by atoms with Crippen LogP contribution in [0.15, 0.2) is 0 Å². The van der Waals surface area contributed by atoms with Gasteiger partial charge in [0.2, 0.25) is 0 Å². The van der Waals surface area contributed by atoms with E-state index in [0.29, 0.717) is 6.04 Å². The second kappa shape index (κ2) is 5.45. The lowest BCUT2D eigenvalue weighted by atomic mass is 9.83. The van der Waals surface area contributed by atoms with Gasteiger partial charge in [-0.25, -0.2) is 0 Å². The van der Waals surface area contributed by atoms with E-state index in [2.05, 4.69) is 17.1 Å². The van der Waals surface area contributed by atoms with Gasteiger partial charge in [-0.05, 0) is 32.2 Å². The van der Waals surface area contributed by atoms with E-state index in [1.807, 2.05) is 0 Å². The van der Waals surface area contributed by atoms with Crippen LogP contribution < -0.4 is 5.32 Å². The summed E-state index contributed by atoms with van der Waals surface area (Å²) in [7, 11) is 0. The van der Waals surface area contributed by atoms with Crippen LogP contribution in [0.2, 0.25) is 0 Å². The number of nitrogens with zero attached hydrogens (tertiary/aromatic N) is 1. The largest absolute Gasteiger partial charge is 0.381 e. The van der Waals surface area contributed by atoms with Crippen molar-refractivity contribution in [3.8, 4) is 0 Å². The van der Waals surface area contributed by atoms with Gasteiger partial charge in [0.05, 0.1) is 5.60 Å². The van der Waals surface area contributed by atoms with Gasteiger partial charge in [0, 0.05) is 45.0 Å². The second-order valence-electron chi connectivity index (χ2n) is 5.93. The van der Waals surface area contributed by atoms with Crippen LogP contribution in [0.25, 0.3) is 0 Å². The van der Waals surface area contributed by atoms with E-state index in [0.717, 1.165) is 38.7 Å². The van der Waals surface area contributed by atoms with Crippen molar-refractivity contribution < 1.29 is 9.47 Å². The lowest BCUT2D eigenvalue weighted by molar-refractivity contribution is -0.155. The van der Waals surface area contributed by atoms with Crippen molar-refractivity contribution >= 4 is 0 Å². The summed E-state index contributed by atoms with van der Waals surface area (Å²) in [4.78, 5) is 2.70. The SMILES string of the molecule is CCN(C1CNC1)C1CCOC2(CCOCC2)C1. The highest BCUT2D eigenvalue weighted by Crippen LogP contribution is 2.36. The fourth-order valence-corrected chi connectivity index (χ4v) is 3.70. The average Bonchev–Trinajstić information content (AvgIpc) is 2.34. The van der Waals surface area contributed by atoms with Gasteiger partial charge in [0.15, 0.2) is 0 Å². The number of hydrogen-bond donors (Lipinski definition) is 1. The molecule has 3 saturated heterocycles. The fourth-order valence-electron chi connectivity index (χ4n) is 3.70. The maximum atomic E-state index is 6.14. The zero-order chi connectivity index (χ0) is 12.4. The Morgan fingerprint density at radius 1 is 1.17 bits per heavy atom. The molecule has 3 aliphatic rings. The molecule has 0 aliphatic carbocycles. The third-order valence-electron chi connectivity index (χ3n) is 4.93. The van der Waals surface area contributed by atoms with Crippen molar-refractivity contribution in [2.75, 3.05) is 39.5 Å². The van der Waals surface area contributed by atoms with Crippen LogP contribution in [0.1, 0.15) is 32.6 Å². The molecule has 0 aromatic heterocycles. The molecule has 1 spiro atoms. The van der Waals surface area contributed by atoms with Crippen molar-refractivity contribution in [1.29, 1.82) is 0 Å². The predicted molar refractivity (Wildman–Crippen MR) is 70.8 cm³/mol. The summed E-state index contributed by atoms with van der Waals surface area (Å²) in [5.41, 5.74) is 0.131. The maximum absolute atomic E-state index is 6.14. The second-order valence-corrected chi connectivity index (χ2v) is 5.93. The van der Waals surface area contributed by atoms with E-state index in [-0.39, 0.29) is 5.60 Å².